The highest BCUT2D eigenvalue weighted by atomic mass is 16.4. The van der Waals surface area contributed by atoms with Crippen molar-refractivity contribution < 1.29 is 14.0 Å². The number of fused-ring (bicyclic) bond motifs is 3. The Bertz CT molecular complexity index is 898. The molecule has 3 rings (SSSR count). The topological polar surface area (TPSA) is 79.6 Å². The molecule has 126 valence electrons. The monoisotopic (exact) mass is 328 g/mol. The van der Waals surface area contributed by atoms with Crippen LogP contribution >= 0.6 is 0 Å². The molecule has 0 atom stereocenters. The molecule has 1 aliphatic heterocycles. The lowest BCUT2D eigenvalue weighted by atomic mass is 9.96. The molecule has 1 aromatic carbocycles. The summed E-state index contributed by atoms with van der Waals surface area (Å²) in [5.74, 6) is -0.119. The third-order valence-corrected chi connectivity index (χ3v) is 4.41. The molecule has 1 aliphatic rings. The van der Waals surface area contributed by atoms with Gasteiger partial charge in [0, 0.05) is 31.0 Å². The van der Waals surface area contributed by atoms with Crippen molar-refractivity contribution in [3.63, 3.8) is 0 Å². The van der Waals surface area contributed by atoms with Gasteiger partial charge >= 0.3 is 5.63 Å². The predicted molar refractivity (Wildman–Crippen MR) is 90.9 cm³/mol. The first-order valence-corrected chi connectivity index (χ1v) is 8.05. The largest absolute Gasteiger partial charge is 0.422 e. The Morgan fingerprint density at radius 3 is 2.71 bits per heavy atom. The molecule has 0 radical (unpaired) electrons. The van der Waals surface area contributed by atoms with Crippen LogP contribution in [0.2, 0.25) is 0 Å². The number of nitrogens with one attached hydrogen (secondary N) is 1. The van der Waals surface area contributed by atoms with Crippen LogP contribution in [0, 0.1) is 6.92 Å². The quantitative estimate of drug-likeness (QED) is 0.858. The molecule has 2 heterocycles. The number of carbonyl (C=O) groups excluding carboxylic acids is 2. The van der Waals surface area contributed by atoms with Gasteiger partial charge in [0.1, 0.15) is 5.58 Å². The molecule has 0 aliphatic carbocycles. The maximum Gasteiger partial charge on any atom is 0.341 e. The minimum absolute atomic E-state index is 0.0305. The summed E-state index contributed by atoms with van der Waals surface area (Å²) in [5, 5.41) is 3.62. The minimum Gasteiger partial charge on any atom is -0.422 e. The Kier molecular flexibility index (Phi) is 4.13. The second-order valence-electron chi connectivity index (χ2n) is 6.11. The summed E-state index contributed by atoms with van der Waals surface area (Å²) < 4.78 is 5.46. The normalized spacial score (nSPS) is 13.7. The fraction of sp³-hybridized carbons (Fsp3) is 0.389. The van der Waals surface area contributed by atoms with Crippen LogP contribution in [-0.2, 0) is 22.6 Å². The Morgan fingerprint density at radius 2 is 2.04 bits per heavy atom. The van der Waals surface area contributed by atoms with Gasteiger partial charge in [0.25, 0.3) is 0 Å². The SMILES string of the molecule is CCC(=O)N1CCc2c(c(=O)oc3cc(C)c(NC(C)=O)cc23)C1. The van der Waals surface area contributed by atoms with Gasteiger partial charge in [0.15, 0.2) is 0 Å². The molecule has 0 saturated heterocycles. The van der Waals surface area contributed by atoms with Crippen LogP contribution in [0.15, 0.2) is 21.3 Å². The second kappa shape index (κ2) is 6.11. The van der Waals surface area contributed by atoms with E-state index in [0.29, 0.717) is 36.2 Å². The highest BCUT2D eigenvalue weighted by Gasteiger charge is 2.25. The second-order valence-corrected chi connectivity index (χ2v) is 6.11. The highest BCUT2D eigenvalue weighted by Crippen LogP contribution is 2.29. The summed E-state index contributed by atoms with van der Waals surface area (Å²) in [6, 6.07) is 3.62. The van der Waals surface area contributed by atoms with Gasteiger partial charge in [0.05, 0.1) is 12.1 Å². The van der Waals surface area contributed by atoms with E-state index in [4.69, 9.17) is 4.42 Å². The number of amides is 2. The molecule has 1 aromatic heterocycles. The van der Waals surface area contributed by atoms with E-state index in [1.54, 1.807) is 11.0 Å². The van der Waals surface area contributed by atoms with Crippen molar-refractivity contribution >= 4 is 28.5 Å². The third kappa shape index (κ3) is 2.79. The lowest BCUT2D eigenvalue weighted by Crippen LogP contribution is -2.38. The molecule has 6 nitrogen and oxygen atoms in total. The molecule has 2 amide bonds. The van der Waals surface area contributed by atoms with E-state index >= 15 is 0 Å². The molecule has 0 saturated carbocycles. The van der Waals surface area contributed by atoms with Gasteiger partial charge in [-0.1, -0.05) is 6.92 Å². The van der Waals surface area contributed by atoms with Crippen molar-refractivity contribution in [1.82, 2.24) is 4.90 Å². The third-order valence-electron chi connectivity index (χ3n) is 4.41. The highest BCUT2D eigenvalue weighted by molar-refractivity contribution is 5.94. The number of hydrogen-bond donors (Lipinski definition) is 1. The fourth-order valence-electron chi connectivity index (χ4n) is 3.17. The zero-order valence-electron chi connectivity index (χ0n) is 14.1. The summed E-state index contributed by atoms with van der Waals surface area (Å²) in [7, 11) is 0. The van der Waals surface area contributed by atoms with Gasteiger partial charge in [-0.3, -0.25) is 9.59 Å². The van der Waals surface area contributed by atoms with Crippen LogP contribution < -0.4 is 10.9 Å². The summed E-state index contributed by atoms with van der Waals surface area (Å²) >= 11 is 0. The van der Waals surface area contributed by atoms with Crippen LogP contribution in [0.3, 0.4) is 0 Å². The maximum atomic E-state index is 12.3. The molecular formula is C18H20N2O4. The Hall–Kier alpha value is -2.63. The van der Waals surface area contributed by atoms with E-state index in [2.05, 4.69) is 5.32 Å². The molecule has 6 heteroatoms. The van der Waals surface area contributed by atoms with E-state index in [-0.39, 0.29) is 18.4 Å². The van der Waals surface area contributed by atoms with Crippen molar-refractivity contribution in [3.8, 4) is 0 Å². The molecule has 2 aromatic rings. The van der Waals surface area contributed by atoms with Crippen molar-refractivity contribution in [3.05, 3.63) is 39.2 Å². The van der Waals surface area contributed by atoms with Crippen LogP contribution in [0.5, 0.6) is 0 Å². The number of anilines is 1. The van der Waals surface area contributed by atoms with E-state index in [9.17, 15) is 14.4 Å². The number of benzene rings is 1. The number of hydrogen-bond acceptors (Lipinski definition) is 4. The van der Waals surface area contributed by atoms with Crippen LogP contribution in [0.25, 0.3) is 11.0 Å². The smallest absolute Gasteiger partial charge is 0.341 e. The Morgan fingerprint density at radius 1 is 1.29 bits per heavy atom. The zero-order valence-corrected chi connectivity index (χ0v) is 14.1. The van der Waals surface area contributed by atoms with Gasteiger partial charge in [-0.05, 0) is 36.6 Å². The molecule has 24 heavy (non-hydrogen) atoms. The Balaban J connectivity index is 2.14. The average molecular weight is 328 g/mol. The number of rotatable bonds is 2. The van der Waals surface area contributed by atoms with E-state index in [1.165, 1.54) is 6.92 Å². The predicted octanol–water partition coefficient (Wildman–Crippen LogP) is 2.35. The summed E-state index contributed by atoms with van der Waals surface area (Å²) in [6.45, 7) is 5.98. The number of carbonyl (C=O) groups is 2. The van der Waals surface area contributed by atoms with Crippen LogP contribution in [0.4, 0.5) is 5.69 Å². The maximum absolute atomic E-state index is 12.3. The van der Waals surface area contributed by atoms with E-state index in [1.807, 2.05) is 19.9 Å². The lowest BCUT2D eigenvalue weighted by Gasteiger charge is -2.28. The molecule has 1 N–H and O–H groups in total. The summed E-state index contributed by atoms with van der Waals surface area (Å²) in [4.78, 5) is 37.3. The van der Waals surface area contributed by atoms with Gasteiger partial charge in [-0.25, -0.2) is 4.79 Å². The number of nitrogens with zero attached hydrogens (tertiary/aromatic N) is 1. The molecule has 0 spiro atoms. The van der Waals surface area contributed by atoms with E-state index < -0.39 is 5.63 Å². The van der Waals surface area contributed by atoms with Crippen molar-refractivity contribution in [2.45, 2.75) is 40.2 Å². The first kappa shape index (κ1) is 16.2. The van der Waals surface area contributed by atoms with Crippen LogP contribution in [-0.4, -0.2) is 23.3 Å². The lowest BCUT2D eigenvalue weighted by molar-refractivity contribution is -0.131. The number of aryl methyl sites for hydroxylation is 1. The zero-order chi connectivity index (χ0) is 17.4. The first-order valence-electron chi connectivity index (χ1n) is 8.05. The standard InChI is InChI=1S/C18H20N2O4/c1-4-17(22)20-6-5-12-13-8-15(19-11(3)21)10(2)7-16(13)24-18(23)14(12)9-20/h7-8H,4-6,9H2,1-3H3,(H,19,21). The molecule has 0 bridgehead atoms. The minimum atomic E-state index is -0.391. The first-order chi connectivity index (χ1) is 11.4. The molecular weight excluding hydrogens is 308 g/mol. The fourth-order valence-corrected chi connectivity index (χ4v) is 3.17. The van der Waals surface area contributed by atoms with Gasteiger partial charge < -0.3 is 14.6 Å². The molecule has 0 unspecified atom stereocenters. The van der Waals surface area contributed by atoms with Gasteiger partial charge in [-0.2, -0.15) is 0 Å². The van der Waals surface area contributed by atoms with Crippen LogP contribution in [0.1, 0.15) is 37.0 Å². The van der Waals surface area contributed by atoms with Crippen molar-refractivity contribution in [1.29, 1.82) is 0 Å². The van der Waals surface area contributed by atoms with Crippen molar-refractivity contribution in [2.75, 3.05) is 11.9 Å². The Labute approximate surface area is 139 Å². The van der Waals surface area contributed by atoms with Gasteiger partial charge in [0.2, 0.25) is 11.8 Å². The summed E-state index contributed by atoms with van der Waals surface area (Å²) in [5.41, 5.74) is 3.11. The summed E-state index contributed by atoms with van der Waals surface area (Å²) in [6.07, 6.45) is 1.02. The average Bonchev–Trinajstić information content (AvgIpc) is 2.55. The van der Waals surface area contributed by atoms with Gasteiger partial charge in [-0.15, -0.1) is 0 Å². The molecule has 0 fully saturated rings. The van der Waals surface area contributed by atoms with Crippen molar-refractivity contribution in [2.24, 2.45) is 0 Å². The van der Waals surface area contributed by atoms with E-state index in [0.717, 1.165) is 16.5 Å².